The fourth-order valence-corrected chi connectivity index (χ4v) is 2.25. The molecule has 104 valence electrons. The molecule has 0 atom stereocenters. The zero-order chi connectivity index (χ0) is 14.0. The van der Waals surface area contributed by atoms with Gasteiger partial charge in [-0.3, -0.25) is 4.68 Å². The third-order valence-corrected chi connectivity index (χ3v) is 3.50. The van der Waals surface area contributed by atoms with Gasteiger partial charge in [-0.2, -0.15) is 5.10 Å². The lowest BCUT2D eigenvalue weighted by Crippen LogP contribution is -2.12. The fraction of sp³-hybridized carbons (Fsp3) is 0.500. The lowest BCUT2D eigenvalue weighted by molar-refractivity contribution is 0.594. The van der Waals surface area contributed by atoms with Gasteiger partial charge in [0.05, 0.1) is 6.54 Å². The Morgan fingerprint density at radius 3 is 2.63 bits per heavy atom. The summed E-state index contributed by atoms with van der Waals surface area (Å²) < 4.78 is 26.1. The number of nitrogens with two attached hydrogens (primary N) is 1. The van der Waals surface area contributed by atoms with Crippen molar-refractivity contribution in [1.82, 2.24) is 24.3 Å². The predicted molar refractivity (Wildman–Crippen MR) is 67.7 cm³/mol. The third-order valence-electron chi connectivity index (χ3n) is 2.72. The molecule has 0 saturated carbocycles. The van der Waals surface area contributed by atoms with Gasteiger partial charge in [-0.25, -0.2) is 23.5 Å². The number of hydrogen-bond donors (Lipinski definition) is 1. The van der Waals surface area contributed by atoms with E-state index in [1.807, 2.05) is 6.92 Å². The number of sulfonamides is 1. The maximum absolute atomic E-state index is 11.3. The van der Waals surface area contributed by atoms with E-state index in [4.69, 9.17) is 5.14 Å². The summed E-state index contributed by atoms with van der Waals surface area (Å²) in [5.41, 5.74) is 0. The second-order valence-corrected chi connectivity index (χ2v) is 5.73. The van der Waals surface area contributed by atoms with Crippen molar-refractivity contribution in [2.45, 2.75) is 31.3 Å². The highest BCUT2D eigenvalue weighted by molar-refractivity contribution is 7.89. The number of primary sulfonamides is 1. The van der Waals surface area contributed by atoms with Gasteiger partial charge in [0, 0.05) is 19.7 Å². The van der Waals surface area contributed by atoms with Crippen molar-refractivity contribution in [3.63, 3.8) is 0 Å². The van der Waals surface area contributed by atoms with Crippen LogP contribution in [0, 0.1) is 0 Å². The van der Waals surface area contributed by atoms with Crippen molar-refractivity contribution in [2.24, 2.45) is 12.2 Å². The number of nitrogens with zero attached hydrogens (tertiary/aromatic N) is 5. The zero-order valence-electron chi connectivity index (χ0n) is 10.8. The molecule has 0 saturated heterocycles. The van der Waals surface area contributed by atoms with E-state index < -0.39 is 10.0 Å². The molecule has 0 aliphatic heterocycles. The molecule has 0 unspecified atom stereocenters. The van der Waals surface area contributed by atoms with Crippen LogP contribution >= 0.6 is 0 Å². The van der Waals surface area contributed by atoms with Gasteiger partial charge < -0.3 is 4.57 Å². The summed E-state index contributed by atoms with van der Waals surface area (Å²) in [4.78, 5) is 8.18. The number of aryl methyl sites for hydroxylation is 2. The van der Waals surface area contributed by atoms with Crippen molar-refractivity contribution < 1.29 is 8.42 Å². The van der Waals surface area contributed by atoms with E-state index in [1.165, 1.54) is 12.5 Å². The molecule has 0 aromatic carbocycles. The molecule has 0 aliphatic rings. The average Bonchev–Trinajstić information content (AvgIpc) is 2.88. The Hall–Kier alpha value is -1.74. The van der Waals surface area contributed by atoms with Gasteiger partial charge in [0.25, 0.3) is 10.0 Å². The molecule has 2 rings (SSSR count). The van der Waals surface area contributed by atoms with Crippen LogP contribution in [0.15, 0.2) is 17.6 Å². The van der Waals surface area contributed by atoms with Crippen LogP contribution in [0.3, 0.4) is 0 Å². The molecule has 2 N–H and O–H groups in total. The zero-order valence-corrected chi connectivity index (χ0v) is 11.6. The van der Waals surface area contributed by atoms with Gasteiger partial charge in [-0.15, -0.1) is 0 Å². The molecule has 2 aromatic heterocycles. The Kier molecular flexibility index (Phi) is 3.67. The molecule has 0 fully saturated rings. The predicted octanol–water partition coefficient (Wildman–Crippen LogP) is -0.340. The highest BCUT2D eigenvalue weighted by atomic mass is 32.2. The maximum Gasteiger partial charge on any atom is 0.257 e. The molecule has 2 aromatic rings. The van der Waals surface area contributed by atoms with E-state index in [1.54, 1.807) is 16.3 Å². The molecule has 9 heteroatoms. The van der Waals surface area contributed by atoms with Crippen LogP contribution in [-0.4, -0.2) is 32.7 Å². The molecular formula is C10H16N6O2S. The van der Waals surface area contributed by atoms with Gasteiger partial charge >= 0.3 is 0 Å². The van der Waals surface area contributed by atoms with Crippen LogP contribution in [0.25, 0.3) is 0 Å². The van der Waals surface area contributed by atoms with Crippen LogP contribution in [0.1, 0.15) is 25.0 Å². The lowest BCUT2D eigenvalue weighted by atomic mass is 10.3. The van der Waals surface area contributed by atoms with Crippen molar-refractivity contribution in [3.8, 4) is 0 Å². The monoisotopic (exact) mass is 284 g/mol. The smallest absolute Gasteiger partial charge is 0.257 e. The van der Waals surface area contributed by atoms with Crippen molar-refractivity contribution in [1.29, 1.82) is 0 Å². The Morgan fingerprint density at radius 2 is 2.11 bits per heavy atom. The summed E-state index contributed by atoms with van der Waals surface area (Å²) in [6.45, 7) is 2.41. The molecule has 0 radical (unpaired) electrons. The molecule has 8 nitrogen and oxygen atoms in total. The highest BCUT2D eigenvalue weighted by Gasteiger charge is 2.17. The largest absolute Gasteiger partial charge is 0.326 e. The van der Waals surface area contributed by atoms with Crippen LogP contribution < -0.4 is 5.14 Å². The molecule has 19 heavy (non-hydrogen) atoms. The molecule has 2 heterocycles. The summed E-state index contributed by atoms with van der Waals surface area (Å²) in [5.74, 6) is 1.39. The minimum Gasteiger partial charge on any atom is -0.326 e. The first-order chi connectivity index (χ1) is 8.91. The van der Waals surface area contributed by atoms with Gasteiger partial charge in [-0.1, -0.05) is 6.92 Å². The van der Waals surface area contributed by atoms with Crippen LogP contribution in [-0.2, 0) is 30.0 Å². The van der Waals surface area contributed by atoms with Crippen LogP contribution in [0.4, 0.5) is 0 Å². The minimum absolute atomic E-state index is 0.113. The van der Waals surface area contributed by atoms with Gasteiger partial charge in [-0.05, 0) is 6.42 Å². The number of hydrogen-bond acceptors (Lipinski definition) is 5. The summed E-state index contributed by atoms with van der Waals surface area (Å²) in [6, 6.07) is 0. The van der Waals surface area contributed by atoms with E-state index in [-0.39, 0.29) is 5.03 Å². The molecule has 0 amide bonds. The normalized spacial score (nSPS) is 11.9. The molecule has 0 aliphatic carbocycles. The first kappa shape index (κ1) is 13.7. The highest BCUT2D eigenvalue weighted by Crippen LogP contribution is 2.11. The minimum atomic E-state index is -3.79. The molecule has 0 spiro atoms. The topological polar surface area (TPSA) is 109 Å². The number of rotatable bonds is 5. The summed E-state index contributed by atoms with van der Waals surface area (Å²) in [6.07, 6.45) is 4.43. The lowest BCUT2D eigenvalue weighted by Gasteiger charge is -2.05. The average molecular weight is 284 g/mol. The van der Waals surface area contributed by atoms with Crippen molar-refractivity contribution in [2.75, 3.05) is 0 Å². The van der Waals surface area contributed by atoms with E-state index in [9.17, 15) is 8.42 Å². The summed E-state index contributed by atoms with van der Waals surface area (Å²) >= 11 is 0. The van der Waals surface area contributed by atoms with Crippen molar-refractivity contribution in [3.05, 3.63) is 24.2 Å². The van der Waals surface area contributed by atoms with Gasteiger partial charge in [0.1, 0.15) is 18.0 Å². The maximum atomic E-state index is 11.3. The first-order valence-corrected chi connectivity index (χ1v) is 7.38. The second kappa shape index (κ2) is 5.10. The Morgan fingerprint density at radius 1 is 1.37 bits per heavy atom. The Bertz CT molecular complexity index is 672. The fourth-order valence-electron chi connectivity index (χ4n) is 1.74. The van der Waals surface area contributed by atoms with E-state index in [0.717, 1.165) is 12.2 Å². The second-order valence-electron chi connectivity index (χ2n) is 4.22. The van der Waals surface area contributed by atoms with Crippen LogP contribution in [0.2, 0.25) is 0 Å². The quantitative estimate of drug-likeness (QED) is 0.808. The summed E-state index contributed by atoms with van der Waals surface area (Å²) in [7, 11) is -2.01. The van der Waals surface area contributed by atoms with Crippen molar-refractivity contribution >= 4 is 10.0 Å². The number of imidazole rings is 1. The van der Waals surface area contributed by atoms with Crippen LogP contribution in [0.5, 0.6) is 0 Å². The first-order valence-electron chi connectivity index (χ1n) is 5.83. The Balaban J connectivity index is 2.38. The third kappa shape index (κ3) is 2.99. The SMILES string of the molecule is CCCc1nc(S(N)(=O)=O)cn1Cc1ncnn1C. The number of aromatic nitrogens is 5. The van der Waals surface area contributed by atoms with E-state index in [0.29, 0.717) is 18.8 Å². The Labute approximate surface area is 111 Å². The standard InChI is InChI=1S/C10H16N6O2S/c1-3-4-8-14-10(19(11,17)18)6-16(8)5-9-12-7-13-15(9)2/h6-7H,3-5H2,1-2H3,(H2,11,17,18). The van der Waals surface area contributed by atoms with E-state index >= 15 is 0 Å². The summed E-state index contributed by atoms with van der Waals surface area (Å²) in [5, 5.41) is 8.96. The van der Waals surface area contributed by atoms with E-state index in [2.05, 4.69) is 15.1 Å². The molecule has 0 bridgehead atoms. The van der Waals surface area contributed by atoms with Gasteiger partial charge in [0.15, 0.2) is 5.03 Å². The molecular weight excluding hydrogens is 268 g/mol. The van der Waals surface area contributed by atoms with Gasteiger partial charge in [0.2, 0.25) is 0 Å².